The van der Waals surface area contributed by atoms with Gasteiger partial charge in [-0.05, 0) is 32.6 Å². The van der Waals surface area contributed by atoms with E-state index in [0.29, 0.717) is 26.4 Å². The molecular weight excluding hydrogens is 312 g/mol. The molecule has 0 aromatic carbocycles. The van der Waals surface area contributed by atoms with Crippen LogP contribution < -0.4 is 0 Å². The van der Waals surface area contributed by atoms with Crippen LogP contribution >= 0.6 is 0 Å². The highest BCUT2D eigenvalue weighted by atomic mass is 28.4. The molecule has 1 heterocycles. The average molecular weight is 349 g/mol. The summed E-state index contributed by atoms with van der Waals surface area (Å²) in [6.45, 7) is 13.9. The lowest BCUT2D eigenvalue weighted by molar-refractivity contribution is -0.0731. The van der Waals surface area contributed by atoms with Crippen LogP contribution in [0, 0.1) is 0 Å². The highest BCUT2D eigenvalue weighted by Gasteiger charge is 2.59. The summed E-state index contributed by atoms with van der Waals surface area (Å²) in [6.07, 6.45) is 4.90. The second kappa shape index (κ2) is 10.8. The van der Waals surface area contributed by atoms with Gasteiger partial charge in [0.05, 0.1) is 13.2 Å². The molecule has 2 atom stereocenters. The third-order valence-electron chi connectivity index (χ3n) is 3.85. The Morgan fingerprint density at radius 3 is 1.74 bits per heavy atom. The van der Waals surface area contributed by atoms with Gasteiger partial charge in [-0.3, -0.25) is 0 Å². The van der Waals surface area contributed by atoms with Gasteiger partial charge < -0.3 is 22.8 Å². The predicted molar refractivity (Wildman–Crippen MR) is 93.5 cm³/mol. The standard InChI is InChI=1S/C17H36O5Si/c1-6-10-17(5,19-15-16-14-18-16)23(20-11-7-2,21-12-8-3)22-13-9-4/h16H,6-15H2,1-5H3. The zero-order valence-electron chi connectivity index (χ0n) is 15.7. The fourth-order valence-corrected chi connectivity index (χ4v) is 5.92. The van der Waals surface area contributed by atoms with Crippen molar-refractivity contribution >= 4 is 8.80 Å². The van der Waals surface area contributed by atoms with E-state index in [4.69, 9.17) is 22.8 Å². The van der Waals surface area contributed by atoms with Crippen molar-refractivity contribution in [2.75, 3.05) is 33.0 Å². The second-order valence-electron chi connectivity index (χ2n) is 6.35. The first-order valence-corrected chi connectivity index (χ1v) is 11.0. The molecule has 1 saturated heterocycles. The van der Waals surface area contributed by atoms with Crippen LogP contribution in [0.5, 0.6) is 0 Å². The van der Waals surface area contributed by atoms with Gasteiger partial charge in [-0.2, -0.15) is 0 Å². The van der Waals surface area contributed by atoms with Crippen molar-refractivity contribution in [1.82, 2.24) is 0 Å². The Hall–Kier alpha value is 0.0169. The maximum Gasteiger partial charge on any atom is 0.534 e. The lowest BCUT2D eigenvalue weighted by atomic mass is 10.2. The molecule has 0 spiro atoms. The fourth-order valence-electron chi connectivity index (χ4n) is 2.52. The molecule has 5 nitrogen and oxygen atoms in total. The zero-order valence-corrected chi connectivity index (χ0v) is 16.7. The Balaban J connectivity index is 2.97. The molecule has 6 heteroatoms. The molecule has 1 fully saturated rings. The van der Waals surface area contributed by atoms with Crippen LogP contribution in [0.15, 0.2) is 0 Å². The molecule has 0 N–H and O–H groups in total. The lowest BCUT2D eigenvalue weighted by Gasteiger charge is -2.43. The fraction of sp³-hybridized carbons (Fsp3) is 1.00. The quantitative estimate of drug-likeness (QED) is 0.333. The summed E-state index contributed by atoms with van der Waals surface area (Å²) in [6, 6.07) is 0. The van der Waals surface area contributed by atoms with Gasteiger partial charge in [0, 0.05) is 19.8 Å². The lowest BCUT2D eigenvalue weighted by Crippen LogP contribution is -2.65. The van der Waals surface area contributed by atoms with Gasteiger partial charge in [-0.25, -0.2) is 0 Å². The minimum absolute atomic E-state index is 0.224. The maximum atomic E-state index is 6.31. The first-order chi connectivity index (χ1) is 11.1. The number of epoxide rings is 1. The molecule has 1 rings (SSSR count). The molecule has 0 aromatic heterocycles. The predicted octanol–water partition coefficient (Wildman–Crippen LogP) is 3.72. The largest absolute Gasteiger partial charge is 0.534 e. The number of rotatable bonds is 15. The molecule has 23 heavy (non-hydrogen) atoms. The Labute approximate surface area is 143 Å². The second-order valence-corrected chi connectivity index (χ2v) is 9.38. The molecule has 0 bridgehead atoms. The summed E-state index contributed by atoms with van der Waals surface area (Å²) in [4.78, 5) is 0. The minimum atomic E-state index is -2.95. The molecule has 0 aliphatic carbocycles. The smallest absolute Gasteiger partial charge is 0.372 e. The number of hydrogen-bond acceptors (Lipinski definition) is 5. The summed E-state index contributed by atoms with van der Waals surface area (Å²) in [5.41, 5.74) is 0. The van der Waals surface area contributed by atoms with E-state index in [-0.39, 0.29) is 6.10 Å². The van der Waals surface area contributed by atoms with E-state index in [1.165, 1.54) is 0 Å². The van der Waals surface area contributed by atoms with Gasteiger partial charge in [0.2, 0.25) is 0 Å². The van der Waals surface area contributed by atoms with Crippen molar-refractivity contribution in [1.29, 1.82) is 0 Å². The molecule has 1 aliphatic heterocycles. The molecule has 0 radical (unpaired) electrons. The highest BCUT2D eigenvalue weighted by molar-refractivity contribution is 6.64. The van der Waals surface area contributed by atoms with Crippen LogP contribution in [0.2, 0.25) is 0 Å². The van der Waals surface area contributed by atoms with Gasteiger partial charge in [-0.15, -0.1) is 0 Å². The van der Waals surface area contributed by atoms with Crippen molar-refractivity contribution in [2.24, 2.45) is 0 Å². The minimum Gasteiger partial charge on any atom is -0.372 e. The van der Waals surface area contributed by atoms with Crippen molar-refractivity contribution in [2.45, 2.75) is 78.1 Å². The molecule has 0 amide bonds. The zero-order chi connectivity index (χ0) is 17.2. The van der Waals surface area contributed by atoms with Crippen molar-refractivity contribution in [3.05, 3.63) is 0 Å². The van der Waals surface area contributed by atoms with Crippen molar-refractivity contribution in [3.63, 3.8) is 0 Å². The normalized spacial score (nSPS) is 20.5. The van der Waals surface area contributed by atoms with Crippen molar-refractivity contribution in [3.8, 4) is 0 Å². The van der Waals surface area contributed by atoms with E-state index in [1.54, 1.807) is 0 Å². The molecule has 0 saturated carbocycles. The molecule has 138 valence electrons. The Bertz CT molecular complexity index is 290. The summed E-state index contributed by atoms with van der Waals surface area (Å²) < 4.78 is 30.5. The van der Waals surface area contributed by atoms with E-state index < -0.39 is 14.0 Å². The maximum absolute atomic E-state index is 6.31. The van der Waals surface area contributed by atoms with E-state index in [0.717, 1.165) is 38.7 Å². The molecule has 2 unspecified atom stereocenters. The first kappa shape index (κ1) is 21.1. The first-order valence-electron chi connectivity index (χ1n) is 9.24. The van der Waals surface area contributed by atoms with Crippen molar-refractivity contribution < 1.29 is 22.8 Å². The monoisotopic (exact) mass is 348 g/mol. The van der Waals surface area contributed by atoms with Crippen LogP contribution in [0.4, 0.5) is 0 Å². The number of hydrogen-bond donors (Lipinski definition) is 0. The summed E-state index contributed by atoms with van der Waals surface area (Å²) >= 11 is 0. The molecule has 1 aliphatic rings. The summed E-state index contributed by atoms with van der Waals surface area (Å²) in [7, 11) is -2.95. The van der Waals surface area contributed by atoms with Gasteiger partial charge in [0.25, 0.3) is 0 Å². The van der Waals surface area contributed by atoms with E-state index >= 15 is 0 Å². The number of ether oxygens (including phenoxy) is 2. The molecule has 0 aromatic rings. The van der Waals surface area contributed by atoms with Gasteiger partial charge in [0.1, 0.15) is 11.3 Å². The summed E-state index contributed by atoms with van der Waals surface area (Å²) in [5.74, 6) is 0. The Kier molecular flexibility index (Phi) is 9.88. The Morgan fingerprint density at radius 1 is 0.913 bits per heavy atom. The van der Waals surface area contributed by atoms with Crippen LogP contribution in [-0.4, -0.2) is 53.2 Å². The van der Waals surface area contributed by atoms with E-state index in [9.17, 15) is 0 Å². The third-order valence-corrected chi connectivity index (χ3v) is 7.30. The van der Waals surface area contributed by atoms with Gasteiger partial charge in [0.15, 0.2) is 0 Å². The van der Waals surface area contributed by atoms with Crippen LogP contribution in [0.25, 0.3) is 0 Å². The van der Waals surface area contributed by atoms with Crippen LogP contribution in [0.1, 0.15) is 66.7 Å². The highest BCUT2D eigenvalue weighted by Crippen LogP contribution is 2.34. The van der Waals surface area contributed by atoms with Gasteiger partial charge >= 0.3 is 8.80 Å². The van der Waals surface area contributed by atoms with Crippen LogP contribution in [-0.2, 0) is 22.8 Å². The molecular formula is C17H36O5Si. The topological polar surface area (TPSA) is 49.5 Å². The van der Waals surface area contributed by atoms with E-state index in [1.807, 2.05) is 0 Å². The summed E-state index contributed by atoms with van der Waals surface area (Å²) in [5, 5.41) is -0.521. The van der Waals surface area contributed by atoms with E-state index in [2.05, 4.69) is 34.6 Å². The van der Waals surface area contributed by atoms with Gasteiger partial charge in [-0.1, -0.05) is 34.1 Å². The van der Waals surface area contributed by atoms with Crippen LogP contribution in [0.3, 0.4) is 0 Å². The third kappa shape index (κ3) is 6.44. The Morgan fingerprint density at radius 2 is 1.39 bits per heavy atom. The SMILES string of the molecule is CCCO[Si](OCCC)(OCCC)C(C)(CCC)OCC1CO1. The average Bonchev–Trinajstić information content (AvgIpc) is 3.37.